The molecule has 29 heavy (non-hydrogen) atoms. The van der Waals surface area contributed by atoms with Gasteiger partial charge in [0.15, 0.2) is 11.9 Å². The Morgan fingerprint density at radius 2 is 1.97 bits per heavy atom. The first kappa shape index (κ1) is 19.1. The van der Waals surface area contributed by atoms with Crippen LogP contribution in [0.4, 0.5) is 0 Å². The van der Waals surface area contributed by atoms with Crippen molar-refractivity contribution in [1.82, 2.24) is 4.98 Å². The molecule has 0 unspecified atom stereocenters. The van der Waals surface area contributed by atoms with E-state index in [9.17, 15) is 9.59 Å². The number of ketones is 1. The van der Waals surface area contributed by atoms with Crippen molar-refractivity contribution in [2.75, 3.05) is 6.61 Å². The fraction of sp³-hybridized carbons (Fsp3) is 0.136. The topological polar surface area (TPSA) is 91.5 Å². The molecule has 2 aromatic carbocycles. The van der Waals surface area contributed by atoms with Gasteiger partial charge in [0.25, 0.3) is 0 Å². The summed E-state index contributed by atoms with van der Waals surface area (Å²) in [5.74, 6) is 0.658. The lowest BCUT2D eigenvalue weighted by molar-refractivity contribution is 0.0932. The molecule has 1 atom stereocenters. The number of amides is 1. The van der Waals surface area contributed by atoms with Crippen LogP contribution in [0.1, 0.15) is 44.4 Å². The summed E-state index contributed by atoms with van der Waals surface area (Å²) >= 11 is 3.53. The first-order valence-corrected chi connectivity index (χ1v) is 9.78. The maximum absolute atomic E-state index is 12.0. The minimum Gasteiger partial charge on any atom is -0.492 e. The van der Waals surface area contributed by atoms with E-state index in [0.717, 1.165) is 15.6 Å². The van der Waals surface area contributed by atoms with E-state index >= 15 is 0 Å². The van der Waals surface area contributed by atoms with Crippen molar-refractivity contribution >= 4 is 27.6 Å². The molecule has 0 bridgehead atoms. The van der Waals surface area contributed by atoms with Crippen LogP contribution in [0.2, 0.25) is 0 Å². The highest BCUT2D eigenvalue weighted by atomic mass is 79.9. The van der Waals surface area contributed by atoms with Crippen molar-refractivity contribution in [3.8, 4) is 11.5 Å². The van der Waals surface area contributed by atoms with Crippen molar-refractivity contribution in [2.24, 2.45) is 5.73 Å². The van der Waals surface area contributed by atoms with Crippen LogP contribution < -0.4 is 15.2 Å². The molecular weight excluding hydrogens is 436 g/mol. The van der Waals surface area contributed by atoms with Gasteiger partial charge in [-0.05, 0) is 51.8 Å². The number of nitrogens with two attached hydrogens (primary N) is 1. The number of Topliss-reactive ketones (excluding diaryl/α,β-unsaturated/α-hetero) is 1. The molecule has 6 nitrogen and oxygen atoms in total. The first-order chi connectivity index (χ1) is 14.0. The van der Waals surface area contributed by atoms with E-state index in [-0.39, 0.29) is 5.78 Å². The largest absolute Gasteiger partial charge is 0.492 e. The number of rotatable bonds is 5. The van der Waals surface area contributed by atoms with Crippen LogP contribution >= 0.6 is 15.9 Å². The summed E-state index contributed by atoms with van der Waals surface area (Å²) in [6, 6.07) is 14.0. The third-order valence-electron chi connectivity index (χ3n) is 4.68. The zero-order valence-corrected chi connectivity index (χ0v) is 16.9. The number of primary amides is 1. The highest BCUT2D eigenvalue weighted by Gasteiger charge is 2.22. The van der Waals surface area contributed by atoms with Crippen LogP contribution in [0.25, 0.3) is 0 Å². The molecule has 1 aliphatic rings. The van der Waals surface area contributed by atoms with Gasteiger partial charge in [0.2, 0.25) is 5.91 Å². The van der Waals surface area contributed by atoms with Gasteiger partial charge in [0.05, 0.1) is 12.2 Å². The lowest BCUT2D eigenvalue weighted by Crippen LogP contribution is -2.16. The number of aromatic nitrogens is 1. The predicted molar refractivity (Wildman–Crippen MR) is 110 cm³/mol. The second-order valence-corrected chi connectivity index (χ2v) is 7.42. The summed E-state index contributed by atoms with van der Waals surface area (Å²) in [6.07, 6.45) is 3.28. The maximum atomic E-state index is 12.0. The minimum atomic E-state index is -0.490. The predicted octanol–water partition coefficient (Wildman–Crippen LogP) is 4.08. The van der Waals surface area contributed by atoms with Crippen LogP contribution in [0.3, 0.4) is 0 Å². The van der Waals surface area contributed by atoms with E-state index in [0.29, 0.717) is 35.7 Å². The zero-order chi connectivity index (χ0) is 20.4. The van der Waals surface area contributed by atoms with Crippen LogP contribution in [0.5, 0.6) is 11.5 Å². The van der Waals surface area contributed by atoms with E-state index in [1.165, 1.54) is 0 Å². The van der Waals surface area contributed by atoms with Gasteiger partial charge in [-0.2, -0.15) is 0 Å². The number of fused-ring (bicyclic) bond motifs is 1. The summed E-state index contributed by atoms with van der Waals surface area (Å²) in [5, 5.41) is 0. The Morgan fingerprint density at radius 1 is 1.17 bits per heavy atom. The number of halogens is 1. The zero-order valence-electron chi connectivity index (χ0n) is 15.3. The Bertz CT molecular complexity index is 1080. The molecule has 146 valence electrons. The molecule has 0 saturated heterocycles. The van der Waals surface area contributed by atoms with E-state index in [2.05, 4.69) is 20.9 Å². The molecule has 0 fully saturated rings. The number of hydrogen-bond acceptors (Lipinski definition) is 5. The van der Waals surface area contributed by atoms with Crippen molar-refractivity contribution < 1.29 is 19.1 Å². The highest BCUT2D eigenvalue weighted by molar-refractivity contribution is 9.10. The highest BCUT2D eigenvalue weighted by Crippen LogP contribution is 2.35. The summed E-state index contributed by atoms with van der Waals surface area (Å²) in [7, 11) is 0. The Balaban J connectivity index is 1.72. The normalized spacial score (nSPS) is 13.9. The van der Waals surface area contributed by atoms with Gasteiger partial charge in [0.1, 0.15) is 11.5 Å². The maximum Gasteiger partial charge on any atom is 0.248 e. The fourth-order valence-corrected chi connectivity index (χ4v) is 3.64. The molecule has 2 N–H and O–H groups in total. The number of pyridine rings is 1. The minimum absolute atomic E-state index is 0.0632. The summed E-state index contributed by atoms with van der Waals surface area (Å²) in [5.41, 5.74) is 8.02. The standard InChI is InChI=1S/C22H17BrN2O4/c23-18-12-25-9-7-16(18)21(13-1-3-14(4-2-13)22(24)27)29-15-5-6-17-19(26)8-10-28-20(17)11-15/h1-7,9,11-12,21H,8,10H2,(H2,24,27)/t21-/m1/s1. The summed E-state index contributed by atoms with van der Waals surface area (Å²) < 4.78 is 12.7. The smallest absolute Gasteiger partial charge is 0.248 e. The Hall–Kier alpha value is -3.19. The van der Waals surface area contributed by atoms with Crippen molar-refractivity contribution in [3.05, 3.63) is 87.7 Å². The Morgan fingerprint density at radius 3 is 2.69 bits per heavy atom. The molecule has 1 aliphatic heterocycles. The summed E-state index contributed by atoms with van der Waals surface area (Å²) in [4.78, 5) is 27.5. The Labute approximate surface area is 175 Å². The molecular formula is C22H17BrN2O4. The van der Waals surface area contributed by atoms with Gasteiger partial charge in [-0.15, -0.1) is 0 Å². The molecule has 0 saturated carbocycles. The quantitative estimate of drug-likeness (QED) is 0.629. The third-order valence-corrected chi connectivity index (χ3v) is 5.34. The molecule has 2 heterocycles. The number of hydrogen-bond donors (Lipinski definition) is 1. The number of ether oxygens (including phenoxy) is 2. The van der Waals surface area contributed by atoms with Gasteiger partial charge >= 0.3 is 0 Å². The summed E-state index contributed by atoms with van der Waals surface area (Å²) in [6.45, 7) is 0.364. The lowest BCUT2D eigenvalue weighted by atomic mass is 10.0. The average Bonchev–Trinajstić information content (AvgIpc) is 2.73. The second kappa shape index (κ2) is 8.05. The molecule has 3 aromatic rings. The monoisotopic (exact) mass is 452 g/mol. The SMILES string of the molecule is NC(=O)c1ccc([C@@H](Oc2ccc3c(c2)OCCC3=O)c2ccncc2Br)cc1. The van der Waals surface area contributed by atoms with E-state index in [4.69, 9.17) is 15.2 Å². The number of benzene rings is 2. The van der Waals surface area contributed by atoms with Crippen molar-refractivity contribution in [3.63, 3.8) is 0 Å². The Kier molecular flexibility index (Phi) is 5.31. The number of carbonyl (C=O) groups is 2. The van der Waals surface area contributed by atoms with Gasteiger partial charge in [-0.25, -0.2) is 0 Å². The van der Waals surface area contributed by atoms with E-state index in [1.54, 1.807) is 54.9 Å². The molecule has 4 rings (SSSR count). The van der Waals surface area contributed by atoms with Gasteiger partial charge < -0.3 is 15.2 Å². The molecule has 0 radical (unpaired) electrons. The lowest BCUT2D eigenvalue weighted by Gasteiger charge is -2.23. The van der Waals surface area contributed by atoms with E-state index in [1.807, 2.05) is 6.07 Å². The second-order valence-electron chi connectivity index (χ2n) is 6.56. The van der Waals surface area contributed by atoms with Crippen molar-refractivity contribution in [2.45, 2.75) is 12.5 Å². The number of carbonyl (C=O) groups excluding carboxylic acids is 2. The van der Waals surface area contributed by atoms with Gasteiger partial charge in [-0.3, -0.25) is 14.6 Å². The fourth-order valence-electron chi connectivity index (χ4n) is 3.18. The molecule has 0 aliphatic carbocycles. The van der Waals surface area contributed by atoms with E-state index < -0.39 is 12.0 Å². The average molecular weight is 453 g/mol. The van der Waals surface area contributed by atoms with Crippen molar-refractivity contribution in [1.29, 1.82) is 0 Å². The molecule has 1 aromatic heterocycles. The van der Waals surface area contributed by atoms with Crippen LogP contribution in [0, 0.1) is 0 Å². The molecule has 7 heteroatoms. The molecule has 1 amide bonds. The number of nitrogens with zero attached hydrogens (tertiary/aromatic N) is 1. The van der Waals surface area contributed by atoms with Crippen LogP contribution in [0.15, 0.2) is 65.4 Å². The van der Waals surface area contributed by atoms with Crippen LogP contribution in [-0.4, -0.2) is 23.3 Å². The first-order valence-electron chi connectivity index (χ1n) is 8.99. The van der Waals surface area contributed by atoms with Crippen LogP contribution in [-0.2, 0) is 0 Å². The van der Waals surface area contributed by atoms with Gasteiger partial charge in [-0.1, -0.05) is 12.1 Å². The third kappa shape index (κ3) is 4.00. The molecule has 0 spiro atoms. The van der Waals surface area contributed by atoms with Gasteiger partial charge in [0, 0.05) is 40.5 Å².